The number of aromatic nitrogens is 2. The second-order valence-electron chi connectivity index (χ2n) is 4.85. The largest absolute Gasteiger partial charge is 0.314 e. The maximum absolute atomic E-state index is 4.37. The van der Waals surface area contributed by atoms with Crippen LogP contribution in [0.25, 0.3) is 0 Å². The summed E-state index contributed by atoms with van der Waals surface area (Å²) in [6.45, 7) is 9.83. The molecule has 17 heavy (non-hydrogen) atoms. The van der Waals surface area contributed by atoms with Gasteiger partial charge in [0, 0.05) is 23.9 Å². The summed E-state index contributed by atoms with van der Waals surface area (Å²) in [5.41, 5.74) is 2.29. The van der Waals surface area contributed by atoms with Crippen molar-refractivity contribution in [2.24, 2.45) is 0 Å². The van der Waals surface area contributed by atoms with Crippen LogP contribution in [-0.4, -0.2) is 22.6 Å². The molecule has 0 spiro atoms. The Morgan fingerprint density at radius 3 is 2.59 bits per heavy atom. The maximum atomic E-state index is 4.37. The molecule has 1 aromatic heterocycles. The zero-order chi connectivity index (χ0) is 12.7. The Morgan fingerprint density at radius 2 is 2.00 bits per heavy atom. The van der Waals surface area contributed by atoms with Crippen LogP contribution in [0, 0.1) is 0 Å². The highest BCUT2D eigenvalue weighted by molar-refractivity contribution is 5.12. The van der Waals surface area contributed by atoms with Gasteiger partial charge in [0.15, 0.2) is 0 Å². The smallest absolute Gasteiger partial charge is 0.115 e. The third kappa shape index (κ3) is 4.82. The molecule has 1 aromatic rings. The van der Waals surface area contributed by atoms with Gasteiger partial charge in [0.2, 0.25) is 0 Å². The lowest BCUT2D eigenvalue weighted by molar-refractivity contribution is 0.490. The van der Waals surface area contributed by atoms with Crippen LogP contribution in [0.2, 0.25) is 0 Å². The monoisotopic (exact) mass is 235 g/mol. The van der Waals surface area contributed by atoms with Crippen LogP contribution in [-0.2, 0) is 6.42 Å². The molecule has 1 unspecified atom stereocenters. The van der Waals surface area contributed by atoms with Crippen LogP contribution in [0.5, 0.6) is 0 Å². The standard InChI is InChI=1S/C14H25N3/c1-5-7-15-12(6-2)8-13-9-14(11(3)4)17-10-16-13/h9-12,15H,5-8H2,1-4H3. The molecule has 0 aromatic carbocycles. The summed E-state index contributed by atoms with van der Waals surface area (Å²) in [5.74, 6) is 0.473. The van der Waals surface area contributed by atoms with E-state index in [2.05, 4.69) is 49.0 Å². The van der Waals surface area contributed by atoms with Crippen molar-refractivity contribution in [1.29, 1.82) is 0 Å². The number of nitrogens with zero attached hydrogens (tertiary/aromatic N) is 2. The van der Waals surface area contributed by atoms with Gasteiger partial charge in [-0.3, -0.25) is 0 Å². The van der Waals surface area contributed by atoms with Crippen molar-refractivity contribution in [3.63, 3.8) is 0 Å². The summed E-state index contributed by atoms with van der Waals surface area (Å²) in [6.07, 6.45) is 5.01. The van der Waals surface area contributed by atoms with Crippen molar-refractivity contribution < 1.29 is 0 Å². The minimum atomic E-state index is 0.473. The average Bonchev–Trinajstić information content (AvgIpc) is 2.34. The van der Waals surface area contributed by atoms with Gasteiger partial charge in [-0.1, -0.05) is 27.7 Å². The predicted molar refractivity (Wildman–Crippen MR) is 72.2 cm³/mol. The SMILES string of the molecule is CCCNC(CC)Cc1cc(C(C)C)ncn1. The molecular formula is C14H25N3. The molecule has 0 bridgehead atoms. The molecule has 1 atom stereocenters. The lowest BCUT2D eigenvalue weighted by Crippen LogP contribution is -2.31. The van der Waals surface area contributed by atoms with Crippen LogP contribution in [0.1, 0.15) is 57.8 Å². The van der Waals surface area contributed by atoms with Crippen molar-refractivity contribution in [2.45, 2.75) is 58.9 Å². The number of nitrogens with one attached hydrogen (secondary N) is 1. The summed E-state index contributed by atoms with van der Waals surface area (Å²) in [6, 6.07) is 2.67. The second-order valence-corrected chi connectivity index (χ2v) is 4.85. The van der Waals surface area contributed by atoms with Gasteiger partial charge >= 0.3 is 0 Å². The highest BCUT2D eigenvalue weighted by Gasteiger charge is 2.09. The van der Waals surface area contributed by atoms with Crippen molar-refractivity contribution in [2.75, 3.05) is 6.54 Å². The van der Waals surface area contributed by atoms with Crippen LogP contribution in [0.15, 0.2) is 12.4 Å². The van der Waals surface area contributed by atoms with Crippen LogP contribution < -0.4 is 5.32 Å². The van der Waals surface area contributed by atoms with Gasteiger partial charge in [0.05, 0.1) is 0 Å². The molecule has 1 heterocycles. The van der Waals surface area contributed by atoms with E-state index in [0.29, 0.717) is 12.0 Å². The first-order valence-corrected chi connectivity index (χ1v) is 6.71. The van der Waals surface area contributed by atoms with Crippen molar-refractivity contribution in [1.82, 2.24) is 15.3 Å². The Morgan fingerprint density at radius 1 is 1.24 bits per heavy atom. The summed E-state index contributed by atoms with van der Waals surface area (Å²) in [4.78, 5) is 8.67. The summed E-state index contributed by atoms with van der Waals surface area (Å²) in [5, 5.41) is 3.56. The summed E-state index contributed by atoms with van der Waals surface area (Å²) >= 11 is 0. The predicted octanol–water partition coefficient (Wildman–Crippen LogP) is 2.92. The minimum absolute atomic E-state index is 0.473. The van der Waals surface area contributed by atoms with E-state index < -0.39 is 0 Å². The van der Waals surface area contributed by atoms with Gasteiger partial charge in [0.25, 0.3) is 0 Å². The first kappa shape index (κ1) is 14.1. The zero-order valence-corrected chi connectivity index (χ0v) is 11.5. The number of rotatable bonds is 7. The van der Waals surface area contributed by atoms with Gasteiger partial charge in [0.1, 0.15) is 6.33 Å². The highest BCUT2D eigenvalue weighted by atomic mass is 14.9. The molecule has 0 amide bonds. The molecular weight excluding hydrogens is 210 g/mol. The average molecular weight is 235 g/mol. The summed E-state index contributed by atoms with van der Waals surface area (Å²) in [7, 11) is 0. The Balaban J connectivity index is 2.62. The van der Waals surface area contributed by atoms with Crippen molar-refractivity contribution in [3.05, 3.63) is 23.8 Å². The molecule has 0 aliphatic carbocycles. The second kappa shape index (κ2) is 7.38. The van der Waals surface area contributed by atoms with E-state index in [1.165, 1.54) is 6.42 Å². The molecule has 0 radical (unpaired) electrons. The third-order valence-electron chi connectivity index (χ3n) is 2.97. The molecule has 0 aliphatic rings. The Hall–Kier alpha value is -0.960. The molecule has 96 valence electrons. The van der Waals surface area contributed by atoms with E-state index in [9.17, 15) is 0 Å². The fourth-order valence-electron chi connectivity index (χ4n) is 1.80. The van der Waals surface area contributed by atoms with E-state index in [4.69, 9.17) is 0 Å². The number of hydrogen-bond acceptors (Lipinski definition) is 3. The lowest BCUT2D eigenvalue weighted by Gasteiger charge is -2.16. The van der Waals surface area contributed by atoms with Gasteiger partial charge in [-0.05, 0) is 31.4 Å². The molecule has 3 heteroatoms. The van der Waals surface area contributed by atoms with Crippen LogP contribution >= 0.6 is 0 Å². The molecule has 1 rings (SSSR count). The normalized spacial score (nSPS) is 13.0. The van der Waals surface area contributed by atoms with Gasteiger partial charge in [-0.15, -0.1) is 0 Å². The molecule has 3 nitrogen and oxygen atoms in total. The highest BCUT2D eigenvalue weighted by Crippen LogP contribution is 2.12. The maximum Gasteiger partial charge on any atom is 0.115 e. The van der Waals surface area contributed by atoms with Gasteiger partial charge in [-0.2, -0.15) is 0 Å². The molecule has 1 N–H and O–H groups in total. The van der Waals surface area contributed by atoms with Gasteiger partial charge < -0.3 is 5.32 Å². The van der Waals surface area contributed by atoms with Crippen LogP contribution in [0.3, 0.4) is 0 Å². The first-order chi connectivity index (χ1) is 8.17. The van der Waals surface area contributed by atoms with E-state index in [1.807, 2.05) is 0 Å². The van der Waals surface area contributed by atoms with Crippen molar-refractivity contribution in [3.8, 4) is 0 Å². The summed E-state index contributed by atoms with van der Waals surface area (Å²) < 4.78 is 0. The Bertz CT molecular complexity index is 323. The molecule has 0 fully saturated rings. The molecule has 0 saturated heterocycles. The first-order valence-electron chi connectivity index (χ1n) is 6.71. The van der Waals surface area contributed by atoms with E-state index in [-0.39, 0.29) is 0 Å². The molecule has 0 aliphatic heterocycles. The van der Waals surface area contributed by atoms with Crippen molar-refractivity contribution >= 4 is 0 Å². The fourth-order valence-corrected chi connectivity index (χ4v) is 1.80. The van der Waals surface area contributed by atoms with E-state index in [1.54, 1.807) is 6.33 Å². The minimum Gasteiger partial charge on any atom is -0.314 e. The Labute approximate surface area is 105 Å². The van der Waals surface area contributed by atoms with Gasteiger partial charge in [-0.25, -0.2) is 9.97 Å². The topological polar surface area (TPSA) is 37.8 Å². The quantitative estimate of drug-likeness (QED) is 0.789. The number of hydrogen-bond donors (Lipinski definition) is 1. The lowest BCUT2D eigenvalue weighted by atomic mass is 10.1. The zero-order valence-electron chi connectivity index (χ0n) is 11.5. The van der Waals surface area contributed by atoms with Crippen LogP contribution in [0.4, 0.5) is 0 Å². The third-order valence-corrected chi connectivity index (χ3v) is 2.97. The molecule has 0 saturated carbocycles. The Kier molecular flexibility index (Phi) is 6.12. The fraction of sp³-hybridized carbons (Fsp3) is 0.714. The van der Waals surface area contributed by atoms with E-state index >= 15 is 0 Å². The van der Waals surface area contributed by atoms with E-state index in [0.717, 1.165) is 30.8 Å².